The maximum Gasteiger partial charge on any atom is 0.150 e. The average Bonchev–Trinajstić information content (AvgIpc) is 2.30. The van der Waals surface area contributed by atoms with E-state index in [1.165, 1.54) is 10.9 Å². The standard InChI is InChI=1S/C6H12N4O/c1-4(11)10-6(8-2)5(7)3-9-10/h3-4,8,11H,7H2,1-2H3. The summed E-state index contributed by atoms with van der Waals surface area (Å²) in [5.41, 5.74) is 6.07. The molecule has 1 heterocycles. The molecule has 1 atom stereocenters. The van der Waals surface area contributed by atoms with Crippen LogP contribution in [0, 0.1) is 0 Å². The lowest BCUT2D eigenvalue weighted by molar-refractivity contribution is 0.113. The number of aromatic nitrogens is 2. The van der Waals surface area contributed by atoms with Crippen molar-refractivity contribution in [1.29, 1.82) is 0 Å². The molecule has 5 heteroatoms. The van der Waals surface area contributed by atoms with Gasteiger partial charge < -0.3 is 16.2 Å². The van der Waals surface area contributed by atoms with E-state index < -0.39 is 6.23 Å². The zero-order valence-electron chi connectivity index (χ0n) is 6.57. The topological polar surface area (TPSA) is 76.1 Å². The minimum Gasteiger partial charge on any atom is -0.394 e. The van der Waals surface area contributed by atoms with Gasteiger partial charge in [0.15, 0.2) is 0 Å². The van der Waals surface area contributed by atoms with Gasteiger partial charge in [-0.3, -0.25) is 0 Å². The summed E-state index contributed by atoms with van der Waals surface area (Å²) in [6, 6.07) is 0. The number of nitrogens with one attached hydrogen (secondary N) is 1. The van der Waals surface area contributed by atoms with Crippen LogP contribution in [0.5, 0.6) is 0 Å². The van der Waals surface area contributed by atoms with Crippen LogP contribution >= 0.6 is 0 Å². The van der Waals surface area contributed by atoms with Crippen LogP contribution in [-0.2, 0) is 0 Å². The van der Waals surface area contributed by atoms with Crippen LogP contribution < -0.4 is 11.1 Å². The molecule has 1 aromatic rings. The molecule has 0 bridgehead atoms. The molecule has 0 saturated heterocycles. The van der Waals surface area contributed by atoms with E-state index in [-0.39, 0.29) is 0 Å². The Hall–Kier alpha value is -1.23. The molecule has 1 unspecified atom stereocenters. The van der Waals surface area contributed by atoms with Crippen molar-refractivity contribution >= 4 is 11.5 Å². The first kappa shape index (κ1) is 7.87. The quantitative estimate of drug-likeness (QED) is 0.564. The zero-order chi connectivity index (χ0) is 8.43. The number of hydrogen-bond acceptors (Lipinski definition) is 4. The van der Waals surface area contributed by atoms with E-state index in [4.69, 9.17) is 10.8 Å². The Morgan fingerprint density at radius 1 is 1.82 bits per heavy atom. The monoisotopic (exact) mass is 156 g/mol. The maximum atomic E-state index is 9.15. The van der Waals surface area contributed by atoms with Crippen molar-refractivity contribution in [3.8, 4) is 0 Å². The van der Waals surface area contributed by atoms with Gasteiger partial charge in [0.2, 0.25) is 0 Å². The Morgan fingerprint density at radius 2 is 2.45 bits per heavy atom. The SMILES string of the molecule is CNc1c(N)cnn1C(C)O. The van der Waals surface area contributed by atoms with Crippen LogP contribution in [0.15, 0.2) is 6.20 Å². The molecule has 0 aliphatic carbocycles. The number of aliphatic hydroxyl groups is 1. The molecule has 0 saturated carbocycles. The molecule has 1 aromatic heterocycles. The molecule has 0 radical (unpaired) electrons. The van der Waals surface area contributed by atoms with Crippen molar-refractivity contribution in [2.75, 3.05) is 18.1 Å². The first-order valence-corrected chi connectivity index (χ1v) is 3.35. The van der Waals surface area contributed by atoms with Crippen molar-refractivity contribution in [3.05, 3.63) is 6.20 Å². The number of rotatable bonds is 2. The van der Waals surface area contributed by atoms with Crippen molar-refractivity contribution in [2.45, 2.75) is 13.2 Å². The van der Waals surface area contributed by atoms with E-state index in [1.54, 1.807) is 14.0 Å². The van der Waals surface area contributed by atoms with Gasteiger partial charge in [-0.2, -0.15) is 5.10 Å². The predicted molar refractivity (Wildman–Crippen MR) is 43.1 cm³/mol. The minimum absolute atomic E-state index is 0.536. The number of nitrogens with two attached hydrogens (primary N) is 1. The van der Waals surface area contributed by atoms with Crippen molar-refractivity contribution in [3.63, 3.8) is 0 Å². The summed E-state index contributed by atoms with van der Waals surface area (Å²) in [5.74, 6) is 0.639. The lowest BCUT2D eigenvalue weighted by Gasteiger charge is -2.09. The van der Waals surface area contributed by atoms with Gasteiger partial charge >= 0.3 is 0 Å². The normalized spacial score (nSPS) is 13.0. The highest BCUT2D eigenvalue weighted by Gasteiger charge is 2.08. The summed E-state index contributed by atoms with van der Waals surface area (Å²) in [6.45, 7) is 1.62. The van der Waals surface area contributed by atoms with Gasteiger partial charge in [0, 0.05) is 7.05 Å². The molecule has 11 heavy (non-hydrogen) atoms. The molecular formula is C6H12N4O. The molecule has 0 aromatic carbocycles. The van der Waals surface area contributed by atoms with E-state index in [0.29, 0.717) is 11.5 Å². The second-order valence-electron chi connectivity index (χ2n) is 2.27. The third kappa shape index (κ3) is 1.27. The summed E-state index contributed by atoms with van der Waals surface area (Å²) in [4.78, 5) is 0. The summed E-state index contributed by atoms with van der Waals surface area (Å²) in [5, 5.41) is 15.9. The van der Waals surface area contributed by atoms with Gasteiger partial charge in [0.25, 0.3) is 0 Å². The molecule has 0 fully saturated rings. The summed E-state index contributed by atoms with van der Waals surface area (Å²) < 4.78 is 1.41. The number of anilines is 2. The van der Waals surface area contributed by atoms with Crippen LogP contribution in [0.4, 0.5) is 11.5 Å². The number of nitrogen functional groups attached to an aromatic ring is 1. The average molecular weight is 156 g/mol. The molecule has 62 valence electrons. The van der Waals surface area contributed by atoms with E-state index in [0.717, 1.165) is 0 Å². The minimum atomic E-state index is -0.658. The molecule has 0 aliphatic heterocycles. The molecule has 1 rings (SSSR count). The first-order valence-electron chi connectivity index (χ1n) is 3.35. The van der Waals surface area contributed by atoms with Gasteiger partial charge in [0.1, 0.15) is 12.0 Å². The fraction of sp³-hybridized carbons (Fsp3) is 0.500. The second-order valence-corrected chi connectivity index (χ2v) is 2.27. The third-order valence-corrected chi connectivity index (χ3v) is 1.41. The largest absolute Gasteiger partial charge is 0.394 e. The van der Waals surface area contributed by atoms with Crippen LogP contribution in [0.3, 0.4) is 0 Å². The smallest absolute Gasteiger partial charge is 0.150 e. The number of aliphatic hydroxyl groups excluding tert-OH is 1. The van der Waals surface area contributed by atoms with Gasteiger partial charge in [0.05, 0.1) is 11.9 Å². The van der Waals surface area contributed by atoms with E-state index in [2.05, 4.69) is 10.4 Å². The van der Waals surface area contributed by atoms with Crippen LogP contribution in [-0.4, -0.2) is 21.9 Å². The molecule has 0 amide bonds. The Bertz CT molecular complexity index is 243. The summed E-state index contributed by atoms with van der Waals surface area (Å²) in [6.07, 6.45) is 0.841. The second kappa shape index (κ2) is 2.79. The summed E-state index contributed by atoms with van der Waals surface area (Å²) >= 11 is 0. The highest BCUT2D eigenvalue weighted by molar-refractivity contribution is 5.60. The maximum absolute atomic E-state index is 9.15. The van der Waals surface area contributed by atoms with Gasteiger partial charge in [-0.25, -0.2) is 4.68 Å². The molecule has 0 aliphatic rings. The van der Waals surface area contributed by atoms with E-state index in [1.807, 2.05) is 0 Å². The van der Waals surface area contributed by atoms with Crippen LogP contribution in [0.1, 0.15) is 13.2 Å². The number of nitrogens with zero attached hydrogens (tertiary/aromatic N) is 2. The van der Waals surface area contributed by atoms with E-state index >= 15 is 0 Å². The Labute approximate surface area is 64.8 Å². The highest BCUT2D eigenvalue weighted by atomic mass is 16.3. The van der Waals surface area contributed by atoms with E-state index in [9.17, 15) is 0 Å². The Balaban J connectivity index is 3.05. The fourth-order valence-corrected chi connectivity index (χ4v) is 0.918. The third-order valence-electron chi connectivity index (χ3n) is 1.41. The van der Waals surface area contributed by atoms with Crippen molar-refractivity contribution in [1.82, 2.24) is 9.78 Å². The van der Waals surface area contributed by atoms with Crippen molar-refractivity contribution < 1.29 is 5.11 Å². The zero-order valence-corrected chi connectivity index (χ0v) is 6.57. The molecular weight excluding hydrogens is 144 g/mol. The molecule has 5 nitrogen and oxygen atoms in total. The van der Waals surface area contributed by atoms with Gasteiger partial charge in [-0.05, 0) is 6.92 Å². The van der Waals surface area contributed by atoms with Gasteiger partial charge in [-0.1, -0.05) is 0 Å². The number of hydrogen-bond donors (Lipinski definition) is 3. The van der Waals surface area contributed by atoms with Crippen LogP contribution in [0.25, 0.3) is 0 Å². The molecule has 0 spiro atoms. The predicted octanol–water partition coefficient (Wildman–Crippen LogP) is 0.0178. The molecule has 4 N–H and O–H groups in total. The Morgan fingerprint density at radius 3 is 2.82 bits per heavy atom. The Kier molecular flexibility index (Phi) is 2.00. The highest BCUT2D eigenvalue weighted by Crippen LogP contribution is 2.19. The first-order chi connectivity index (χ1) is 5.16. The fourth-order valence-electron chi connectivity index (χ4n) is 0.918. The van der Waals surface area contributed by atoms with Crippen molar-refractivity contribution in [2.24, 2.45) is 0 Å². The summed E-state index contributed by atoms with van der Waals surface area (Å²) in [7, 11) is 1.73. The van der Waals surface area contributed by atoms with Crippen LogP contribution in [0.2, 0.25) is 0 Å². The van der Waals surface area contributed by atoms with Gasteiger partial charge in [-0.15, -0.1) is 0 Å². The lowest BCUT2D eigenvalue weighted by atomic mass is 10.5. The lowest BCUT2D eigenvalue weighted by Crippen LogP contribution is -2.09.